The van der Waals surface area contributed by atoms with Crippen molar-refractivity contribution in [3.05, 3.63) is 29.4 Å². The minimum atomic E-state index is -0.258. The molecule has 0 aliphatic carbocycles. The van der Waals surface area contributed by atoms with Crippen LogP contribution in [0.25, 0.3) is 0 Å². The number of rotatable bonds is 7. The first-order valence-electron chi connectivity index (χ1n) is 7.13. The number of nitrogens with zero attached hydrogens (tertiary/aromatic N) is 3. The maximum atomic E-state index is 11.8. The van der Waals surface area contributed by atoms with Crippen molar-refractivity contribution in [2.75, 3.05) is 30.3 Å². The number of carbonyl (C=O) groups is 1. The summed E-state index contributed by atoms with van der Waals surface area (Å²) < 4.78 is 4.86. The zero-order chi connectivity index (χ0) is 15.9. The third kappa shape index (κ3) is 4.44. The molecule has 3 N–H and O–H groups in total. The molecule has 8 nitrogen and oxygen atoms in total. The molecule has 0 aliphatic rings. The first kappa shape index (κ1) is 15.7. The molecule has 2 heterocycles. The zero-order valence-electron chi connectivity index (χ0n) is 12.9. The molecule has 0 saturated carbocycles. The molecular formula is C14H20N6O2. The third-order valence-corrected chi connectivity index (χ3v) is 2.77. The van der Waals surface area contributed by atoms with Crippen LogP contribution in [-0.2, 0) is 0 Å². The summed E-state index contributed by atoms with van der Waals surface area (Å²) in [6, 6.07) is 3.43. The number of aryl methyl sites for hydroxylation is 2. The van der Waals surface area contributed by atoms with Gasteiger partial charge in [0.05, 0.1) is 0 Å². The number of carbonyl (C=O) groups excluding carboxylic acids is 1. The summed E-state index contributed by atoms with van der Waals surface area (Å²) >= 11 is 0. The molecule has 118 valence electrons. The highest BCUT2D eigenvalue weighted by atomic mass is 16.5. The van der Waals surface area contributed by atoms with Gasteiger partial charge in [0.1, 0.15) is 23.2 Å². The molecule has 2 aromatic heterocycles. The maximum Gasteiger partial charge on any atom is 0.273 e. The average Bonchev–Trinajstić information content (AvgIpc) is 2.90. The molecular weight excluding hydrogens is 284 g/mol. The Morgan fingerprint density at radius 2 is 1.86 bits per heavy atom. The smallest absolute Gasteiger partial charge is 0.273 e. The molecule has 0 bridgehead atoms. The average molecular weight is 304 g/mol. The largest absolute Gasteiger partial charge is 0.370 e. The Morgan fingerprint density at radius 3 is 2.50 bits per heavy atom. The zero-order valence-corrected chi connectivity index (χ0v) is 12.9. The first-order valence-corrected chi connectivity index (χ1v) is 7.13. The first-order chi connectivity index (χ1) is 10.6. The lowest BCUT2D eigenvalue weighted by Gasteiger charge is -2.09. The summed E-state index contributed by atoms with van der Waals surface area (Å²) in [5.41, 5.74) is 0.282. The molecule has 0 spiro atoms. The van der Waals surface area contributed by atoms with E-state index in [1.807, 2.05) is 19.9 Å². The molecule has 0 aromatic carbocycles. The van der Waals surface area contributed by atoms with E-state index in [4.69, 9.17) is 4.52 Å². The Morgan fingerprint density at radius 1 is 1.14 bits per heavy atom. The molecule has 0 unspecified atom stereocenters. The van der Waals surface area contributed by atoms with Crippen LogP contribution in [0.1, 0.15) is 29.0 Å². The van der Waals surface area contributed by atoms with E-state index in [2.05, 4.69) is 31.1 Å². The fourth-order valence-electron chi connectivity index (χ4n) is 1.86. The van der Waals surface area contributed by atoms with Crippen LogP contribution >= 0.6 is 0 Å². The van der Waals surface area contributed by atoms with E-state index in [0.29, 0.717) is 24.7 Å². The van der Waals surface area contributed by atoms with Gasteiger partial charge in [0, 0.05) is 31.8 Å². The van der Waals surface area contributed by atoms with Crippen molar-refractivity contribution >= 4 is 17.5 Å². The van der Waals surface area contributed by atoms with Gasteiger partial charge in [0.2, 0.25) is 0 Å². The highest BCUT2D eigenvalue weighted by Crippen LogP contribution is 2.10. The van der Waals surface area contributed by atoms with Crippen molar-refractivity contribution in [3.63, 3.8) is 0 Å². The van der Waals surface area contributed by atoms with Crippen LogP contribution in [0.5, 0.6) is 0 Å². The van der Waals surface area contributed by atoms with Crippen molar-refractivity contribution in [2.45, 2.75) is 20.8 Å². The molecule has 0 atom stereocenters. The van der Waals surface area contributed by atoms with E-state index in [-0.39, 0.29) is 11.6 Å². The number of hydrogen-bond acceptors (Lipinski definition) is 7. The van der Waals surface area contributed by atoms with Gasteiger partial charge < -0.3 is 20.5 Å². The quantitative estimate of drug-likeness (QED) is 0.663. The number of hydrogen-bond donors (Lipinski definition) is 3. The SMILES string of the molecule is CCNc1cc(NCCNC(=O)c2cc(C)on2)nc(C)n1. The molecule has 0 radical (unpaired) electrons. The molecule has 2 aromatic rings. The van der Waals surface area contributed by atoms with Gasteiger partial charge >= 0.3 is 0 Å². The molecule has 8 heteroatoms. The second-order valence-corrected chi connectivity index (χ2v) is 4.72. The van der Waals surface area contributed by atoms with Gasteiger partial charge in [-0.05, 0) is 20.8 Å². The van der Waals surface area contributed by atoms with Crippen LogP contribution in [0.2, 0.25) is 0 Å². The lowest BCUT2D eigenvalue weighted by Crippen LogP contribution is -2.29. The second-order valence-electron chi connectivity index (χ2n) is 4.72. The van der Waals surface area contributed by atoms with E-state index >= 15 is 0 Å². The summed E-state index contributed by atoms with van der Waals surface area (Å²) in [6.07, 6.45) is 0. The topological polar surface area (TPSA) is 105 Å². The molecule has 0 saturated heterocycles. The predicted molar refractivity (Wildman–Crippen MR) is 83.0 cm³/mol. The van der Waals surface area contributed by atoms with Gasteiger partial charge in [-0.2, -0.15) is 0 Å². The van der Waals surface area contributed by atoms with Crippen molar-refractivity contribution in [1.82, 2.24) is 20.4 Å². The monoisotopic (exact) mass is 304 g/mol. The summed E-state index contributed by atoms with van der Waals surface area (Å²) in [5, 5.41) is 12.7. The van der Waals surface area contributed by atoms with Crippen LogP contribution in [0, 0.1) is 13.8 Å². The van der Waals surface area contributed by atoms with Crippen LogP contribution in [0.15, 0.2) is 16.7 Å². The fraction of sp³-hybridized carbons (Fsp3) is 0.429. The Bertz CT molecular complexity index is 640. The lowest BCUT2D eigenvalue weighted by molar-refractivity contribution is 0.0946. The Kier molecular flexibility index (Phi) is 5.29. The second kappa shape index (κ2) is 7.39. The minimum Gasteiger partial charge on any atom is -0.370 e. The molecule has 0 fully saturated rings. The number of nitrogens with one attached hydrogen (secondary N) is 3. The number of anilines is 2. The van der Waals surface area contributed by atoms with Gasteiger partial charge in [-0.25, -0.2) is 9.97 Å². The third-order valence-electron chi connectivity index (χ3n) is 2.77. The van der Waals surface area contributed by atoms with Crippen LogP contribution in [0.3, 0.4) is 0 Å². The summed E-state index contributed by atoms with van der Waals surface area (Å²) in [7, 11) is 0. The normalized spacial score (nSPS) is 10.3. The van der Waals surface area contributed by atoms with Crippen LogP contribution in [0.4, 0.5) is 11.6 Å². The van der Waals surface area contributed by atoms with Crippen molar-refractivity contribution in [2.24, 2.45) is 0 Å². The lowest BCUT2D eigenvalue weighted by atomic mass is 10.3. The van der Waals surface area contributed by atoms with Gasteiger partial charge in [-0.1, -0.05) is 5.16 Å². The van der Waals surface area contributed by atoms with E-state index in [0.717, 1.165) is 18.2 Å². The van der Waals surface area contributed by atoms with Gasteiger partial charge in [0.15, 0.2) is 5.69 Å². The van der Waals surface area contributed by atoms with Crippen LogP contribution < -0.4 is 16.0 Å². The number of aromatic nitrogens is 3. The van der Waals surface area contributed by atoms with Crippen molar-refractivity contribution in [3.8, 4) is 0 Å². The number of amides is 1. The standard InChI is InChI=1S/C14H20N6O2/c1-4-15-12-8-13(19-10(3)18-12)16-5-6-17-14(21)11-7-9(2)22-20-11/h7-8H,4-6H2,1-3H3,(H,17,21)(H2,15,16,18,19). The molecule has 2 rings (SSSR count). The summed E-state index contributed by atoms with van der Waals surface area (Å²) in [5.74, 6) is 2.53. The van der Waals surface area contributed by atoms with Crippen molar-refractivity contribution in [1.29, 1.82) is 0 Å². The van der Waals surface area contributed by atoms with Gasteiger partial charge in [-0.3, -0.25) is 4.79 Å². The summed E-state index contributed by atoms with van der Waals surface area (Å²) in [4.78, 5) is 20.3. The van der Waals surface area contributed by atoms with Gasteiger partial charge in [0.25, 0.3) is 5.91 Å². The minimum absolute atomic E-state index is 0.258. The van der Waals surface area contributed by atoms with E-state index in [1.54, 1.807) is 13.0 Å². The summed E-state index contributed by atoms with van der Waals surface area (Å²) in [6.45, 7) is 7.37. The molecule has 22 heavy (non-hydrogen) atoms. The fourth-order valence-corrected chi connectivity index (χ4v) is 1.86. The Hall–Kier alpha value is -2.64. The highest BCUT2D eigenvalue weighted by Gasteiger charge is 2.09. The van der Waals surface area contributed by atoms with Crippen molar-refractivity contribution < 1.29 is 9.32 Å². The van der Waals surface area contributed by atoms with Gasteiger partial charge in [-0.15, -0.1) is 0 Å². The van der Waals surface area contributed by atoms with E-state index < -0.39 is 0 Å². The molecule has 0 aliphatic heterocycles. The van der Waals surface area contributed by atoms with Crippen LogP contribution in [-0.4, -0.2) is 40.7 Å². The molecule has 1 amide bonds. The Labute approximate surface area is 128 Å². The van der Waals surface area contributed by atoms with E-state index in [9.17, 15) is 4.79 Å². The predicted octanol–water partition coefficient (Wildman–Crippen LogP) is 1.36. The Balaban J connectivity index is 1.80. The maximum absolute atomic E-state index is 11.8. The highest BCUT2D eigenvalue weighted by molar-refractivity contribution is 5.92. The van der Waals surface area contributed by atoms with E-state index in [1.165, 1.54) is 0 Å².